The van der Waals surface area contributed by atoms with Crippen molar-refractivity contribution in [1.29, 1.82) is 0 Å². The van der Waals surface area contributed by atoms with Crippen LogP contribution in [0.2, 0.25) is 0 Å². The number of carbonyl (C=O) groups excluding carboxylic acids is 1. The van der Waals surface area contributed by atoms with Crippen LogP contribution >= 0.6 is 0 Å². The van der Waals surface area contributed by atoms with Crippen LogP contribution in [0, 0.1) is 0 Å². The van der Waals surface area contributed by atoms with Gasteiger partial charge >= 0.3 is 0 Å². The third-order valence-electron chi connectivity index (χ3n) is 4.11. The minimum absolute atomic E-state index is 0.193. The maximum atomic E-state index is 10.8. The maximum absolute atomic E-state index is 10.8. The molecule has 1 atom stereocenters. The maximum Gasteiger partial charge on any atom is 0.207 e. The minimum Gasteiger partial charge on any atom is -0.355 e. The van der Waals surface area contributed by atoms with Crippen LogP contribution < -0.4 is 5.32 Å². The molecule has 1 N–H and O–H groups in total. The van der Waals surface area contributed by atoms with Crippen LogP contribution in [0.1, 0.15) is 44.6 Å². The van der Waals surface area contributed by atoms with Crippen LogP contribution in [0.3, 0.4) is 0 Å². The van der Waals surface area contributed by atoms with E-state index >= 15 is 0 Å². The molecule has 1 aliphatic carbocycles. The van der Waals surface area contributed by atoms with E-state index < -0.39 is 0 Å². The van der Waals surface area contributed by atoms with Crippen molar-refractivity contribution in [2.45, 2.75) is 50.5 Å². The standard InChI is InChI=1S/C15H21NO/c1-2-7-14(16-12-17)15(10-6-11-15)13-8-4-3-5-9-13/h3-5,8-9,12,14H,2,6-7,10-11H2,1H3,(H,16,17). The number of rotatable bonds is 6. The highest BCUT2D eigenvalue weighted by atomic mass is 16.1. The summed E-state index contributed by atoms with van der Waals surface area (Å²) in [6, 6.07) is 10.9. The average Bonchev–Trinajstić information content (AvgIpc) is 2.30. The topological polar surface area (TPSA) is 29.1 Å². The van der Waals surface area contributed by atoms with Crippen molar-refractivity contribution in [2.75, 3.05) is 0 Å². The van der Waals surface area contributed by atoms with Gasteiger partial charge in [-0.3, -0.25) is 4.79 Å². The molecule has 2 nitrogen and oxygen atoms in total. The van der Waals surface area contributed by atoms with Crippen molar-refractivity contribution in [2.24, 2.45) is 0 Å². The van der Waals surface area contributed by atoms with Crippen molar-refractivity contribution >= 4 is 6.41 Å². The Morgan fingerprint density at radius 3 is 2.53 bits per heavy atom. The van der Waals surface area contributed by atoms with E-state index in [0.29, 0.717) is 6.04 Å². The molecule has 1 saturated carbocycles. The summed E-state index contributed by atoms with van der Waals surface area (Å²) in [6.45, 7) is 2.18. The summed E-state index contributed by atoms with van der Waals surface area (Å²) in [5.74, 6) is 0. The lowest BCUT2D eigenvalue weighted by atomic mass is 9.59. The molecule has 0 aromatic heterocycles. The number of hydrogen-bond donors (Lipinski definition) is 1. The van der Waals surface area contributed by atoms with Gasteiger partial charge in [0.2, 0.25) is 6.41 Å². The molecule has 1 aromatic rings. The van der Waals surface area contributed by atoms with Gasteiger partial charge in [-0.25, -0.2) is 0 Å². The molecule has 1 fully saturated rings. The fraction of sp³-hybridized carbons (Fsp3) is 0.533. The van der Waals surface area contributed by atoms with Gasteiger partial charge in [-0.15, -0.1) is 0 Å². The van der Waals surface area contributed by atoms with Gasteiger partial charge in [0.05, 0.1) is 0 Å². The van der Waals surface area contributed by atoms with Crippen molar-refractivity contribution in [3.8, 4) is 0 Å². The van der Waals surface area contributed by atoms with E-state index in [9.17, 15) is 4.79 Å². The van der Waals surface area contributed by atoms with Crippen molar-refractivity contribution in [1.82, 2.24) is 5.32 Å². The number of hydrogen-bond acceptors (Lipinski definition) is 1. The lowest BCUT2D eigenvalue weighted by Gasteiger charge is -2.48. The normalized spacial score (nSPS) is 19.1. The van der Waals surface area contributed by atoms with E-state index in [2.05, 4.69) is 42.6 Å². The second-order valence-corrected chi connectivity index (χ2v) is 5.00. The van der Waals surface area contributed by atoms with E-state index in [-0.39, 0.29) is 5.41 Å². The number of nitrogens with one attached hydrogen (secondary N) is 1. The molecule has 0 bridgehead atoms. The number of benzene rings is 1. The third kappa shape index (κ3) is 2.21. The molecular formula is C15H21NO. The van der Waals surface area contributed by atoms with Gasteiger partial charge in [-0.2, -0.15) is 0 Å². The van der Waals surface area contributed by atoms with Gasteiger partial charge in [0.15, 0.2) is 0 Å². The first-order valence-electron chi connectivity index (χ1n) is 6.58. The zero-order chi connectivity index (χ0) is 12.1. The Bertz CT molecular complexity index is 356. The summed E-state index contributed by atoms with van der Waals surface area (Å²) < 4.78 is 0. The quantitative estimate of drug-likeness (QED) is 0.749. The molecule has 1 aliphatic rings. The molecule has 0 aliphatic heterocycles. The first kappa shape index (κ1) is 12.2. The minimum atomic E-state index is 0.193. The van der Waals surface area contributed by atoms with Gasteiger partial charge < -0.3 is 5.32 Å². The highest BCUT2D eigenvalue weighted by Gasteiger charge is 2.44. The highest BCUT2D eigenvalue weighted by Crippen LogP contribution is 2.47. The molecular weight excluding hydrogens is 210 g/mol. The summed E-state index contributed by atoms with van der Waals surface area (Å²) in [7, 11) is 0. The molecule has 1 aromatic carbocycles. The molecule has 0 heterocycles. The summed E-state index contributed by atoms with van der Waals surface area (Å²) in [5, 5.41) is 3.04. The van der Waals surface area contributed by atoms with E-state index in [4.69, 9.17) is 0 Å². The second-order valence-electron chi connectivity index (χ2n) is 5.00. The zero-order valence-electron chi connectivity index (χ0n) is 10.5. The molecule has 0 radical (unpaired) electrons. The van der Waals surface area contributed by atoms with Crippen molar-refractivity contribution < 1.29 is 4.79 Å². The predicted octanol–water partition coefficient (Wildman–Crippen LogP) is 3.02. The van der Waals surface area contributed by atoms with E-state index in [1.165, 1.54) is 24.8 Å². The Balaban J connectivity index is 2.26. The first-order valence-corrected chi connectivity index (χ1v) is 6.58. The van der Waals surface area contributed by atoms with Gasteiger partial charge in [-0.05, 0) is 24.8 Å². The third-order valence-corrected chi connectivity index (χ3v) is 4.11. The Hall–Kier alpha value is -1.31. The van der Waals surface area contributed by atoms with Gasteiger partial charge in [-0.1, -0.05) is 50.1 Å². The highest BCUT2D eigenvalue weighted by molar-refractivity contribution is 5.48. The molecule has 2 rings (SSSR count). The van der Waals surface area contributed by atoms with Gasteiger partial charge in [0.25, 0.3) is 0 Å². The fourth-order valence-corrected chi connectivity index (χ4v) is 3.06. The van der Waals surface area contributed by atoms with Crippen LogP contribution in [0.5, 0.6) is 0 Å². The summed E-state index contributed by atoms with van der Waals surface area (Å²) >= 11 is 0. The number of carbonyl (C=O) groups is 1. The molecule has 1 unspecified atom stereocenters. The van der Waals surface area contributed by atoms with Gasteiger partial charge in [0.1, 0.15) is 0 Å². The number of amides is 1. The summed E-state index contributed by atoms with van der Waals surface area (Å²) in [5.41, 5.74) is 1.58. The lowest BCUT2D eigenvalue weighted by molar-refractivity contribution is -0.111. The summed E-state index contributed by atoms with van der Waals surface area (Å²) in [6.07, 6.45) is 6.71. The zero-order valence-corrected chi connectivity index (χ0v) is 10.5. The van der Waals surface area contributed by atoms with Crippen LogP contribution in [-0.2, 0) is 10.2 Å². The largest absolute Gasteiger partial charge is 0.355 e. The molecule has 2 heteroatoms. The van der Waals surface area contributed by atoms with Gasteiger partial charge in [0, 0.05) is 11.5 Å². The molecule has 0 saturated heterocycles. The van der Waals surface area contributed by atoms with Crippen LogP contribution in [0.15, 0.2) is 30.3 Å². The van der Waals surface area contributed by atoms with Crippen LogP contribution in [0.4, 0.5) is 0 Å². The lowest BCUT2D eigenvalue weighted by Crippen LogP contribution is -2.52. The van der Waals surface area contributed by atoms with E-state index in [1.54, 1.807) is 0 Å². The molecule has 1 amide bonds. The van der Waals surface area contributed by atoms with E-state index in [1.807, 2.05) is 0 Å². The van der Waals surface area contributed by atoms with E-state index in [0.717, 1.165) is 19.3 Å². The Morgan fingerprint density at radius 2 is 2.06 bits per heavy atom. The Kier molecular flexibility index (Phi) is 3.82. The molecule has 0 spiro atoms. The van der Waals surface area contributed by atoms with Crippen molar-refractivity contribution in [3.63, 3.8) is 0 Å². The van der Waals surface area contributed by atoms with Crippen molar-refractivity contribution in [3.05, 3.63) is 35.9 Å². The first-order chi connectivity index (χ1) is 8.33. The Labute approximate surface area is 103 Å². The summed E-state index contributed by atoms with van der Waals surface area (Å²) in [4.78, 5) is 10.8. The fourth-order valence-electron chi connectivity index (χ4n) is 3.06. The molecule has 92 valence electrons. The molecule has 17 heavy (non-hydrogen) atoms. The SMILES string of the molecule is CCCC(NC=O)C1(c2ccccc2)CCC1. The van der Waals surface area contributed by atoms with Crippen LogP contribution in [0.25, 0.3) is 0 Å². The smallest absolute Gasteiger partial charge is 0.207 e. The monoisotopic (exact) mass is 231 g/mol. The average molecular weight is 231 g/mol. The second kappa shape index (κ2) is 5.35. The van der Waals surface area contributed by atoms with Crippen LogP contribution in [-0.4, -0.2) is 12.5 Å². The Morgan fingerprint density at radius 1 is 1.35 bits per heavy atom. The predicted molar refractivity (Wildman–Crippen MR) is 69.9 cm³/mol.